The molecule has 9 heteroatoms. The van der Waals surface area contributed by atoms with Gasteiger partial charge in [0, 0.05) is 18.5 Å². The standard InChI is InChI=1S/C18H20N2O5S2/c21-17(19-15-8-4-3-7-14(15)18(22)23)16-11-13(12-26-16)27(24,25)20-9-5-1-2-6-10-20/h3-4,7-8,11-12H,1-2,5-6,9-10H2,(H,19,21)(H,22,23). The van der Waals surface area contributed by atoms with Crippen LogP contribution in [0.25, 0.3) is 0 Å². The van der Waals surface area contributed by atoms with Gasteiger partial charge >= 0.3 is 5.97 Å². The van der Waals surface area contributed by atoms with Gasteiger partial charge in [-0.25, -0.2) is 13.2 Å². The van der Waals surface area contributed by atoms with Crippen molar-refractivity contribution in [2.24, 2.45) is 0 Å². The molecule has 0 saturated carbocycles. The number of nitrogens with one attached hydrogen (secondary N) is 1. The maximum Gasteiger partial charge on any atom is 0.337 e. The highest BCUT2D eigenvalue weighted by atomic mass is 32.2. The molecule has 27 heavy (non-hydrogen) atoms. The first-order chi connectivity index (χ1) is 12.9. The Balaban J connectivity index is 1.79. The number of nitrogens with zero attached hydrogens (tertiary/aromatic N) is 1. The molecule has 3 rings (SSSR count). The van der Waals surface area contributed by atoms with Crippen molar-refractivity contribution in [3.8, 4) is 0 Å². The van der Waals surface area contributed by atoms with Gasteiger partial charge in [-0.3, -0.25) is 4.79 Å². The Hall–Kier alpha value is -2.23. The van der Waals surface area contributed by atoms with Crippen molar-refractivity contribution in [2.75, 3.05) is 18.4 Å². The largest absolute Gasteiger partial charge is 0.478 e. The Morgan fingerprint density at radius 3 is 2.41 bits per heavy atom. The van der Waals surface area contributed by atoms with E-state index in [1.54, 1.807) is 12.1 Å². The monoisotopic (exact) mass is 408 g/mol. The van der Waals surface area contributed by atoms with E-state index in [1.165, 1.54) is 27.9 Å². The summed E-state index contributed by atoms with van der Waals surface area (Å²) in [5, 5.41) is 13.2. The molecule has 2 heterocycles. The van der Waals surface area contributed by atoms with Gasteiger partial charge in [-0.1, -0.05) is 25.0 Å². The zero-order valence-corrected chi connectivity index (χ0v) is 16.2. The fourth-order valence-corrected chi connectivity index (χ4v) is 5.64. The first kappa shape index (κ1) is 19.5. The maximum atomic E-state index is 12.8. The molecule has 1 amide bonds. The minimum Gasteiger partial charge on any atom is -0.478 e. The zero-order valence-electron chi connectivity index (χ0n) is 14.6. The molecule has 1 aromatic heterocycles. The van der Waals surface area contributed by atoms with E-state index in [2.05, 4.69) is 5.32 Å². The number of hydrogen-bond acceptors (Lipinski definition) is 5. The molecule has 0 aliphatic carbocycles. The number of rotatable bonds is 5. The first-order valence-electron chi connectivity index (χ1n) is 8.62. The lowest BCUT2D eigenvalue weighted by molar-refractivity contribution is 0.0698. The number of sulfonamides is 1. The van der Waals surface area contributed by atoms with Crippen LogP contribution in [0.15, 0.2) is 40.6 Å². The lowest BCUT2D eigenvalue weighted by Gasteiger charge is -2.18. The van der Waals surface area contributed by atoms with Crippen molar-refractivity contribution in [3.63, 3.8) is 0 Å². The number of hydrogen-bond donors (Lipinski definition) is 2. The number of carbonyl (C=O) groups is 2. The third kappa shape index (κ3) is 4.37. The molecule has 0 radical (unpaired) electrons. The van der Waals surface area contributed by atoms with Crippen LogP contribution in [0.1, 0.15) is 45.7 Å². The van der Waals surface area contributed by atoms with Crippen LogP contribution < -0.4 is 5.32 Å². The third-order valence-electron chi connectivity index (χ3n) is 4.41. The molecule has 1 fully saturated rings. The minimum absolute atomic E-state index is 0.0279. The average Bonchev–Trinajstić information content (AvgIpc) is 2.98. The number of para-hydroxylation sites is 1. The lowest BCUT2D eigenvalue weighted by Crippen LogP contribution is -2.31. The van der Waals surface area contributed by atoms with Crippen LogP contribution in [0.4, 0.5) is 5.69 Å². The van der Waals surface area contributed by atoms with Gasteiger partial charge in [0.2, 0.25) is 10.0 Å². The fourth-order valence-electron chi connectivity index (χ4n) is 2.97. The molecule has 1 aliphatic rings. The summed E-state index contributed by atoms with van der Waals surface area (Å²) in [6.07, 6.45) is 3.71. The van der Waals surface area contributed by atoms with Crippen LogP contribution in [0.5, 0.6) is 0 Å². The number of amides is 1. The van der Waals surface area contributed by atoms with Crippen LogP contribution in [0, 0.1) is 0 Å². The number of carbonyl (C=O) groups excluding carboxylic acids is 1. The summed E-state index contributed by atoms with van der Waals surface area (Å²) in [5.41, 5.74) is 0.139. The summed E-state index contributed by atoms with van der Waals surface area (Å²) in [4.78, 5) is 24.0. The zero-order chi connectivity index (χ0) is 19.4. The summed E-state index contributed by atoms with van der Waals surface area (Å²) in [7, 11) is -3.62. The molecular formula is C18H20N2O5S2. The van der Waals surface area contributed by atoms with Crippen molar-refractivity contribution in [2.45, 2.75) is 30.6 Å². The molecule has 2 N–H and O–H groups in total. The van der Waals surface area contributed by atoms with E-state index in [0.29, 0.717) is 13.1 Å². The van der Waals surface area contributed by atoms with Gasteiger partial charge in [-0.2, -0.15) is 4.31 Å². The summed E-state index contributed by atoms with van der Waals surface area (Å²) in [5.74, 6) is -1.69. The van der Waals surface area contributed by atoms with Crippen molar-refractivity contribution >= 4 is 38.9 Å². The second kappa shape index (κ2) is 8.20. The Bertz CT molecular complexity index is 944. The highest BCUT2D eigenvalue weighted by molar-refractivity contribution is 7.89. The number of anilines is 1. The second-order valence-corrected chi connectivity index (χ2v) is 9.12. The predicted molar refractivity (Wildman–Crippen MR) is 103 cm³/mol. The van der Waals surface area contributed by atoms with Crippen LogP contribution in [0.3, 0.4) is 0 Å². The van der Waals surface area contributed by atoms with E-state index in [0.717, 1.165) is 37.0 Å². The molecule has 0 atom stereocenters. The van der Waals surface area contributed by atoms with E-state index in [4.69, 9.17) is 0 Å². The molecule has 2 aromatic rings. The van der Waals surface area contributed by atoms with E-state index in [9.17, 15) is 23.1 Å². The molecule has 144 valence electrons. The smallest absolute Gasteiger partial charge is 0.337 e. The lowest BCUT2D eigenvalue weighted by atomic mass is 10.2. The SMILES string of the molecule is O=C(Nc1ccccc1C(=O)O)c1cc(S(=O)(=O)N2CCCCCC2)cs1. The Labute approximate surface area is 161 Å². The molecule has 0 spiro atoms. The van der Waals surface area contributed by atoms with E-state index in [1.807, 2.05) is 0 Å². The van der Waals surface area contributed by atoms with Crippen LogP contribution in [0.2, 0.25) is 0 Å². The molecule has 0 bridgehead atoms. The van der Waals surface area contributed by atoms with Gasteiger partial charge in [0.05, 0.1) is 21.0 Å². The summed E-state index contributed by atoms with van der Waals surface area (Å²) >= 11 is 1.02. The fraction of sp³-hybridized carbons (Fsp3) is 0.333. The second-order valence-electron chi connectivity index (χ2n) is 6.27. The number of carboxylic acid groups (broad SMARTS) is 1. The molecular weight excluding hydrogens is 388 g/mol. The van der Waals surface area contributed by atoms with Crippen LogP contribution in [-0.2, 0) is 10.0 Å². The van der Waals surface area contributed by atoms with Gasteiger partial charge < -0.3 is 10.4 Å². The molecule has 1 saturated heterocycles. The molecule has 1 aliphatic heterocycles. The van der Waals surface area contributed by atoms with Gasteiger partial charge in [0.25, 0.3) is 5.91 Å². The summed E-state index contributed by atoms with van der Waals surface area (Å²) < 4.78 is 27.1. The van der Waals surface area contributed by atoms with Crippen molar-refractivity contribution in [1.29, 1.82) is 0 Å². The number of aromatic carboxylic acids is 1. The topological polar surface area (TPSA) is 104 Å². The molecule has 1 aromatic carbocycles. The number of carboxylic acids is 1. The van der Waals surface area contributed by atoms with Gasteiger partial charge in [0.15, 0.2) is 0 Å². The first-order valence-corrected chi connectivity index (χ1v) is 10.9. The van der Waals surface area contributed by atoms with Crippen LogP contribution in [-0.4, -0.2) is 42.8 Å². The van der Waals surface area contributed by atoms with E-state index >= 15 is 0 Å². The van der Waals surface area contributed by atoms with Gasteiger partial charge in [0.1, 0.15) is 0 Å². The quantitative estimate of drug-likeness (QED) is 0.790. The maximum absolute atomic E-state index is 12.8. The Kier molecular flexibility index (Phi) is 5.93. The summed E-state index contributed by atoms with van der Waals surface area (Å²) in [6.45, 7) is 0.984. The van der Waals surface area contributed by atoms with Crippen molar-refractivity contribution in [1.82, 2.24) is 4.31 Å². The average molecular weight is 409 g/mol. The van der Waals surface area contributed by atoms with E-state index < -0.39 is 21.9 Å². The highest BCUT2D eigenvalue weighted by Gasteiger charge is 2.27. The normalized spacial score (nSPS) is 15.9. The molecule has 0 unspecified atom stereocenters. The number of thiophene rings is 1. The van der Waals surface area contributed by atoms with Crippen LogP contribution >= 0.6 is 11.3 Å². The Morgan fingerprint density at radius 1 is 1.07 bits per heavy atom. The van der Waals surface area contributed by atoms with E-state index in [-0.39, 0.29) is 21.0 Å². The highest BCUT2D eigenvalue weighted by Crippen LogP contribution is 2.26. The van der Waals surface area contributed by atoms with Crippen molar-refractivity contribution < 1.29 is 23.1 Å². The predicted octanol–water partition coefficient (Wildman–Crippen LogP) is 3.26. The minimum atomic E-state index is -3.62. The van der Waals surface area contributed by atoms with Crippen molar-refractivity contribution in [3.05, 3.63) is 46.2 Å². The summed E-state index contributed by atoms with van der Waals surface area (Å²) in [6, 6.07) is 7.41. The van der Waals surface area contributed by atoms with Gasteiger partial charge in [-0.05, 0) is 31.0 Å². The van der Waals surface area contributed by atoms with Gasteiger partial charge in [-0.15, -0.1) is 11.3 Å². The number of benzene rings is 1. The molecule has 7 nitrogen and oxygen atoms in total. The third-order valence-corrected chi connectivity index (χ3v) is 7.36. The Morgan fingerprint density at radius 2 is 1.74 bits per heavy atom.